The first-order valence-electron chi connectivity index (χ1n) is 3.33. The van der Waals surface area contributed by atoms with Gasteiger partial charge in [-0.2, -0.15) is 0 Å². The molecule has 0 spiro atoms. The van der Waals surface area contributed by atoms with Crippen LogP contribution in [0, 0.1) is 0 Å². The summed E-state index contributed by atoms with van der Waals surface area (Å²) in [4.78, 5) is 8.07. The van der Waals surface area contributed by atoms with Crippen LogP contribution < -0.4 is 16.8 Å². The molecular formula is C6H11N5S. The van der Waals surface area contributed by atoms with Gasteiger partial charge < -0.3 is 16.8 Å². The summed E-state index contributed by atoms with van der Waals surface area (Å²) >= 11 is 1.42. The van der Waals surface area contributed by atoms with Crippen LogP contribution in [-0.4, -0.2) is 23.3 Å². The maximum absolute atomic E-state index is 5.59. The molecule has 0 bridgehead atoms. The van der Waals surface area contributed by atoms with Crippen LogP contribution in [0.25, 0.3) is 0 Å². The van der Waals surface area contributed by atoms with Crippen LogP contribution in [0.4, 0.5) is 17.3 Å². The zero-order valence-electron chi connectivity index (χ0n) is 6.96. The van der Waals surface area contributed by atoms with Crippen LogP contribution >= 0.6 is 11.8 Å². The van der Waals surface area contributed by atoms with E-state index in [1.165, 1.54) is 11.8 Å². The predicted octanol–water partition coefficient (Wildman–Crippen LogP) is 0.405. The van der Waals surface area contributed by atoms with Gasteiger partial charge in [0, 0.05) is 7.05 Å². The van der Waals surface area contributed by atoms with Gasteiger partial charge >= 0.3 is 0 Å². The molecule has 0 aromatic carbocycles. The first-order valence-corrected chi connectivity index (χ1v) is 4.56. The molecule has 0 aliphatic rings. The number of hydrogen-bond donors (Lipinski definition) is 3. The van der Waals surface area contributed by atoms with Crippen molar-refractivity contribution in [3.05, 3.63) is 0 Å². The Bertz CT molecular complexity index is 288. The van der Waals surface area contributed by atoms with Gasteiger partial charge in [0.1, 0.15) is 5.69 Å². The second kappa shape index (κ2) is 3.48. The van der Waals surface area contributed by atoms with Crippen molar-refractivity contribution in [2.75, 3.05) is 30.1 Å². The van der Waals surface area contributed by atoms with Crippen LogP contribution in [0.5, 0.6) is 0 Å². The van der Waals surface area contributed by atoms with Crippen molar-refractivity contribution in [1.29, 1.82) is 0 Å². The first kappa shape index (κ1) is 8.92. The highest BCUT2D eigenvalue weighted by Crippen LogP contribution is 2.23. The molecule has 1 aromatic heterocycles. The van der Waals surface area contributed by atoms with E-state index in [1.54, 1.807) is 7.05 Å². The number of nitrogens with one attached hydrogen (secondary N) is 1. The second-order valence-corrected chi connectivity index (χ2v) is 2.88. The maximum atomic E-state index is 5.59. The van der Waals surface area contributed by atoms with Crippen molar-refractivity contribution >= 4 is 29.1 Å². The number of rotatable bonds is 2. The Hall–Kier alpha value is -1.17. The van der Waals surface area contributed by atoms with Crippen LogP contribution in [0.1, 0.15) is 0 Å². The Balaban J connectivity index is 3.19. The largest absolute Gasteiger partial charge is 0.393 e. The molecule has 1 rings (SSSR count). The van der Waals surface area contributed by atoms with Gasteiger partial charge in [0.05, 0.1) is 0 Å². The Morgan fingerprint density at radius 1 is 1.33 bits per heavy atom. The number of thioether (sulfide) groups is 1. The molecule has 66 valence electrons. The number of aromatic nitrogens is 2. The molecule has 0 atom stereocenters. The third kappa shape index (κ3) is 1.53. The molecule has 0 fully saturated rings. The van der Waals surface area contributed by atoms with Gasteiger partial charge in [0.15, 0.2) is 16.8 Å². The summed E-state index contributed by atoms with van der Waals surface area (Å²) < 4.78 is 0. The quantitative estimate of drug-likeness (QED) is 0.456. The number of nitrogen functional groups attached to an aromatic ring is 2. The van der Waals surface area contributed by atoms with Crippen LogP contribution in [0.15, 0.2) is 5.16 Å². The molecule has 1 heterocycles. The maximum Gasteiger partial charge on any atom is 0.191 e. The number of nitrogens with two attached hydrogens (primary N) is 2. The third-order valence-corrected chi connectivity index (χ3v) is 1.92. The molecule has 0 unspecified atom stereocenters. The molecule has 5 nitrogen and oxygen atoms in total. The molecule has 12 heavy (non-hydrogen) atoms. The summed E-state index contributed by atoms with van der Waals surface area (Å²) in [6, 6.07) is 0. The number of hydrogen-bond acceptors (Lipinski definition) is 6. The average Bonchev–Trinajstić information content (AvgIpc) is 2.09. The predicted molar refractivity (Wildman–Crippen MR) is 52.2 cm³/mol. The highest BCUT2D eigenvalue weighted by atomic mass is 32.2. The lowest BCUT2D eigenvalue weighted by atomic mass is 10.4. The molecule has 0 saturated carbocycles. The molecule has 0 aliphatic heterocycles. The van der Waals surface area contributed by atoms with E-state index in [4.69, 9.17) is 11.5 Å². The molecule has 1 aromatic rings. The normalized spacial score (nSPS) is 9.83. The van der Waals surface area contributed by atoms with Gasteiger partial charge in [0.2, 0.25) is 0 Å². The zero-order valence-corrected chi connectivity index (χ0v) is 7.77. The van der Waals surface area contributed by atoms with Gasteiger partial charge in [-0.1, -0.05) is 11.8 Å². The molecule has 0 amide bonds. The summed E-state index contributed by atoms with van der Waals surface area (Å²) in [5, 5.41) is 3.46. The minimum absolute atomic E-state index is 0.318. The van der Waals surface area contributed by atoms with Gasteiger partial charge in [-0.3, -0.25) is 0 Å². The van der Waals surface area contributed by atoms with Crippen molar-refractivity contribution in [2.45, 2.75) is 5.16 Å². The van der Waals surface area contributed by atoms with Crippen molar-refractivity contribution in [3.63, 3.8) is 0 Å². The van der Waals surface area contributed by atoms with E-state index >= 15 is 0 Å². The average molecular weight is 185 g/mol. The van der Waals surface area contributed by atoms with Crippen molar-refractivity contribution in [3.8, 4) is 0 Å². The topological polar surface area (TPSA) is 89.8 Å². The molecule has 0 saturated heterocycles. The SMILES string of the molecule is CNc1nc(SC)nc(N)c1N. The smallest absolute Gasteiger partial charge is 0.191 e. The van der Waals surface area contributed by atoms with Gasteiger partial charge in [-0.05, 0) is 6.26 Å². The Kier molecular flexibility index (Phi) is 2.59. The minimum atomic E-state index is 0.318. The molecule has 0 radical (unpaired) electrons. The summed E-state index contributed by atoms with van der Waals surface area (Å²) in [5.74, 6) is 0.894. The lowest BCUT2D eigenvalue weighted by molar-refractivity contribution is 0.985. The van der Waals surface area contributed by atoms with E-state index in [9.17, 15) is 0 Å². The van der Waals surface area contributed by atoms with Crippen LogP contribution in [-0.2, 0) is 0 Å². The minimum Gasteiger partial charge on any atom is -0.393 e. The van der Waals surface area contributed by atoms with Gasteiger partial charge in [-0.25, -0.2) is 9.97 Å². The molecule has 5 N–H and O–H groups in total. The van der Waals surface area contributed by atoms with Crippen molar-refractivity contribution in [1.82, 2.24) is 9.97 Å². The van der Waals surface area contributed by atoms with Gasteiger partial charge in [-0.15, -0.1) is 0 Å². The summed E-state index contributed by atoms with van der Waals surface area (Å²) in [6.45, 7) is 0. The van der Waals surface area contributed by atoms with E-state index in [0.717, 1.165) is 0 Å². The van der Waals surface area contributed by atoms with Crippen molar-refractivity contribution in [2.24, 2.45) is 0 Å². The van der Waals surface area contributed by atoms with E-state index < -0.39 is 0 Å². The highest BCUT2D eigenvalue weighted by molar-refractivity contribution is 7.98. The fourth-order valence-electron chi connectivity index (χ4n) is 0.747. The standard InChI is InChI=1S/C6H11N5S/c1-9-5-3(7)4(8)10-6(11-5)12-2/h7H2,1-2H3,(H3,8,9,10,11). The third-order valence-electron chi connectivity index (χ3n) is 1.37. The van der Waals surface area contributed by atoms with E-state index in [2.05, 4.69) is 15.3 Å². The summed E-state index contributed by atoms with van der Waals surface area (Å²) in [5.41, 5.74) is 11.5. The van der Waals surface area contributed by atoms with E-state index in [0.29, 0.717) is 22.5 Å². The highest BCUT2D eigenvalue weighted by Gasteiger charge is 2.06. The van der Waals surface area contributed by atoms with E-state index in [-0.39, 0.29) is 0 Å². The lowest BCUT2D eigenvalue weighted by Crippen LogP contribution is -2.06. The summed E-state index contributed by atoms with van der Waals surface area (Å²) in [6.07, 6.45) is 1.88. The number of nitrogens with zero attached hydrogens (tertiary/aromatic N) is 2. The molecule has 6 heteroatoms. The first-order chi connectivity index (χ1) is 5.69. The summed E-state index contributed by atoms with van der Waals surface area (Å²) in [7, 11) is 1.74. The Morgan fingerprint density at radius 3 is 2.50 bits per heavy atom. The van der Waals surface area contributed by atoms with Crippen LogP contribution in [0.2, 0.25) is 0 Å². The lowest BCUT2D eigenvalue weighted by Gasteiger charge is -2.06. The number of anilines is 3. The Labute approximate surface area is 75.0 Å². The fourth-order valence-corrected chi connectivity index (χ4v) is 1.12. The second-order valence-electron chi connectivity index (χ2n) is 2.11. The molecular weight excluding hydrogens is 174 g/mol. The monoisotopic (exact) mass is 185 g/mol. The van der Waals surface area contributed by atoms with Crippen molar-refractivity contribution < 1.29 is 0 Å². The van der Waals surface area contributed by atoms with Gasteiger partial charge in [0.25, 0.3) is 0 Å². The zero-order chi connectivity index (χ0) is 9.14. The van der Waals surface area contributed by atoms with Crippen LogP contribution in [0.3, 0.4) is 0 Å². The molecule has 0 aliphatic carbocycles. The Morgan fingerprint density at radius 2 is 2.00 bits per heavy atom. The fraction of sp³-hybridized carbons (Fsp3) is 0.333. The van der Waals surface area contributed by atoms with E-state index in [1.807, 2.05) is 6.26 Å².